The lowest BCUT2D eigenvalue weighted by Crippen LogP contribution is -2.27. The fourth-order valence-electron chi connectivity index (χ4n) is 3.22. The Morgan fingerprint density at radius 2 is 1.81 bits per heavy atom. The zero-order valence-electron chi connectivity index (χ0n) is 11.3. The third-order valence-electron chi connectivity index (χ3n) is 4.38. The number of amides is 2. The van der Waals surface area contributed by atoms with Gasteiger partial charge in [-0.15, -0.1) is 0 Å². The van der Waals surface area contributed by atoms with Gasteiger partial charge in [-0.05, 0) is 30.2 Å². The summed E-state index contributed by atoms with van der Waals surface area (Å²) in [5, 5.41) is 5.77. The number of fused-ring (bicyclic) bond motifs is 2. The molecule has 1 fully saturated rings. The molecule has 0 saturated heterocycles. The first-order valence-corrected chi connectivity index (χ1v) is 6.99. The van der Waals surface area contributed by atoms with Crippen LogP contribution in [0.15, 0.2) is 54.6 Å². The van der Waals surface area contributed by atoms with Crippen molar-refractivity contribution in [3.8, 4) is 0 Å². The molecule has 1 aliphatic heterocycles. The van der Waals surface area contributed by atoms with Gasteiger partial charge in [-0.25, -0.2) is 0 Å². The molecule has 2 atom stereocenters. The molecule has 4 rings (SSSR count). The van der Waals surface area contributed by atoms with E-state index in [0.29, 0.717) is 6.42 Å². The Balaban J connectivity index is 1.60. The van der Waals surface area contributed by atoms with Crippen molar-refractivity contribution in [2.24, 2.45) is 5.92 Å². The van der Waals surface area contributed by atoms with Crippen LogP contribution >= 0.6 is 0 Å². The van der Waals surface area contributed by atoms with Crippen LogP contribution in [0.4, 0.5) is 11.4 Å². The molecule has 4 nitrogen and oxygen atoms in total. The Hall–Kier alpha value is -2.62. The first kappa shape index (κ1) is 12.1. The highest BCUT2D eigenvalue weighted by Crippen LogP contribution is 2.60. The van der Waals surface area contributed by atoms with Crippen LogP contribution in [0.25, 0.3) is 0 Å². The van der Waals surface area contributed by atoms with Gasteiger partial charge in [0.05, 0.1) is 11.3 Å². The number of carbonyl (C=O) groups excluding carboxylic acids is 2. The summed E-state index contributed by atoms with van der Waals surface area (Å²) in [5.41, 5.74) is 1.88. The molecule has 2 aliphatic rings. The smallest absolute Gasteiger partial charge is 0.235 e. The Kier molecular flexibility index (Phi) is 2.42. The van der Waals surface area contributed by atoms with Crippen molar-refractivity contribution >= 4 is 23.2 Å². The van der Waals surface area contributed by atoms with Gasteiger partial charge >= 0.3 is 0 Å². The maximum absolute atomic E-state index is 12.4. The molecule has 0 radical (unpaired) electrons. The summed E-state index contributed by atoms with van der Waals surface area (Å²) in [6, 6.07) is 16.9. The minimum atomic E-state index is -0.657. The van der Waals surface area contributed by atoms with Crippen LogP contribution in [0, 0.1) is 5.92 Å². The van der Waals surface area contributed by atoms with Crippen LogP contribution in [0.1, 0.15) is 12.0 Å². The lowest BCUT2D eigenvalue weighted by atomic mass is 9.94. The summed E-state index contributed by atoms with van der Waals surface area (Å²) >= 11 is 0. The van der Waals surface area contributed by atoms with Gasteiger partial charge in [0.2, 0.25) is 11.8 Å². The molecule has 1 heterocycles. The van der Waals surface area contributed by atoms with Gasteiger partial charge in [0.25, 0.3) is 0 Å². The van der Waals surface area contributed by atoms with E-state index in [1.807, 2.05) is 54.6 Å². The molecule has 104 valence electrons. The van der Waals surface area contributed by atoms with Crippen molar-refractivity contribution < 1.29 is 9.59 Å². The number of hydrogen-bond donors (Lipinski definition) is 2. The Bertz CT molecular complexity index is 741. The molecule has 2 N–H and O–H groups in total. The molecule has 4 heteroatoms. The van der Waals surface area contributed by atoms with E-state index in [-0.39, 0.29) is 17.7 Å². The van der Waals surface area contributed by atoms with E-state index in [2.05, 4.69) is 10.6 Å². The monoisotopic (exact) mass is 278 g/mol. The number of para-hydroxylation sites is 2. The highest BCUT2D eigenvalue weighted by molar-refractivity contribution is 6.14. The molecule has 2 aromatic rings. The normalized spacial score (nSPS) is 25.3. The van der Waals surface area contributed by atoms with Crippen LogP contribution in [0.2, 0.25) is 0 Å². The highest BCUT2D eigenvalue weighted by Gasteiger charge is 2.67. The quantitative estimate of drug-likeness (QED) is 0.887. The van der Waals surface area contributed by atoms with Crippen LogP contribution in [0.3, 0.4) is 0 Å². The van der Waals surface area contributed by atoms with Crippen molar-refractivity contribution in [1.82, 2.24) is 0 Å². The van der Waals surface area contributed by atoms with Crippen LogP contribution < -0.4 is 10.6 Å². The molecular weight excluding hydrogens is 264 g/mol. The molecule has 2 amide bonds. The average Bonchev–Trinajstić information content (AvgIpc) is 3.19. The summed E-state index contributed by atoms with van der Waals surface area (Å²) in [6.07, 6.45) is 0.578. The minimum absolute atomic E-state index is 0.0584. The van der Waals surface area contributed by atoms with Crippen molar-refractivity contribution in [1.29, 1.82) is 0 Å². The summed E-state index contributed by atoms with van der Waals surface area (Å²) < 4.78 is 0. The maximum Gasteiger partial charge on any atom is 0.235 e. The fraction of sp³-hybridized carbons (Fsp3) is 0.176. The number of nitrogens with one attached hydrogen (secondary N) is 2. The Morgan fingerprint density at radius 3 is 2.62 bits per heavy atom. The van der Waals surface area contributed by atoms with Crippen LogP contribution in [0.5, 0.6) is 0 Å². The Labute approximate surface area is 122 Å². The lowest BCUT2D eigenvalue weighted by Gasteiger charge is -2.09. The van der Waals surface area contributed by atoms with Crippen molar-refractivity contribution in [2.45, 2.75) is 11.8 Å². The predicted octanol–water partition coefficient (Wildman–Crippen LogP) is 2.54. The molecule has 0 unspecified atom stereocenters. The third kappa shape index (κ3) is 1.69. The molecule has 0 bridgehead atoms. The molecule has 0 aromatic heterocycles. The van der Waals surface area contributed by atoms with Gasteiger partial charge < -0.3 is 10.6 Å². The summed E-state index contributed by atoms with van der Waals surface area (Å²) in [6.45, 7) is 0. The van der Waals surface area contributed by atoms with Gasteiger partial charge in [0, 0.05) is 11.4 Å². The van der Waals surface area contributed by atoms with E-state index >= 15 is 0 Å². The zero-order chi connectivity index (χ0) is 14.4. The van der Waals surface area contributed by atoms with Gasteiger partial charge in [-0.2, -0.15) is 0 Å². The number of carbonyl (C=O) groups is 2. The SMILES string of the molecule is O=C(Nc1ccccc1)[C@@H]1C[C@@]12C(=O)Nc1ccccc12. The van der Waals surface area contributed by atoms with Crippen LogP contribution in [-0.4, -0.2) is 11.8 Å². The first-order valence-electron chi connectivity index (χ1n) is 6.99. The van der Waals surface area contributed by atoms with E-state index in [1.54, 1.807) is 0 Å². The first-order chi connectivity index (χ1) is 10.2. The number of hydrogen-bond acceptors (Lipinski definition) is 2. The number of benzene rings is 2. The van der Waals surface area contributed by atoms with Gasteiger partial charge in [-0.3, -0.25) is 9.59 Å². The fourth-order valence-corrected chi connectivity index (χ4v) is 3.22. The van der Waals surface area contributed by atoms with E-state index < -0.39 is 5.41 Å². The average molecular weight is 278 g/mol. The number of rotatable bonds is 2. The lowest BCUT2D eigenvalue weighted by molar-refractivity contribution is -0.122. The van der Waals surface area contributed by atoms with E-state index in [9.17, 15) is 9.59 Å². The second-order valence-electron chi connectivity index (χ2n) is 5.58. The van der Waals surface area contributed by atoms with Gasteiger partial charge in [0.1, 0.15) is 0 Å². The largest absolute Gasteiger partial charge is 0.326 e. The van der Waals surface area contributed by atoms with Crippen molar-refractivity contribution in [3.05, 3.63) is 60.2 Å². The van der Waals surface area contributed by atoms with Crippen molar-refractivity contribution in [2.75, 3.05) is 10.6 Å². The van der Waals surface area contributed by atoms with Crippen molar-refractivity contribution in [3.63, 3.8) is 0 Å². The zero-order valence-corrected chi connectivity index (χ0v) is 11.3. The molecule has 1 aliphatic carbocycles. The number of anilines is 2. The van der Waals surface area contributed by atoms with Gasteiger partial charge in [0.15, 0.2) is 0 Å². The highest BCUT2D eigenvalue weighted by atomic mass is 16.2. The second kappa shape index (κ2) is 4.19. The topological polar surface area (TPSA) is 58.2 Å². The summed E-state index contributed by atoms with van der Waals surface area (Å²) in [4.78, 5) is 24.7. The second-order valence-corrected chi connectivity index (χ2v) is 5.58. The summed E-state index contributed by atoms with van der Waals surface area (Å²) in [5.74, 6) is -0.439. The molecule has 2 aromatic carbocycles. The Morgan fingerprint density at radius 1 is 1.10 bits per heavy atom. The molecular formula is C17H14N2O2. The minimum Gasteiger partial charge on any atom is -0.326 e. The molecule has 21 heavy (non-hydrogen) atoms. The molecule has 1 saturated carbocycles. The van der Waals surface area contributed by atoms with E-state index in [1.165, 1.54) is 0 Å². The van der Waals surface area contributed by atoms with E-state index in [0.717, 1.165) is 16.9 Å². The maximum atomic E-state index is 12.4. The van der Waals surface area contributed by atoms with Crippen LogP contribution in [-0.2, 0) is 15.0 Å². The standard InChI is InChI=1S/C17H14N2O2/c20-15(18-11-6-2-1-3-7-11)13-10-17(13)12-8-4-5-9-14(12)19-16(17)21/h1-9,13H,10H2,(H,18,20)(H,19,21)/t13-,17-/m0/s1. The summed E-state index contributed by atoms with van der Waals surface area (Å²) in [7, 11) is 0. The predicted molar refractivity (Wildman–Crippen MR) is 79.9 cm³/mol. The van der Waals surface area contributed by atoms with E-state index in [4.69, 9.17) is 0 Å². The van der Waals surface area contributed by atoms with Gasteiger partial charge in [-0.1, -0.05) is 36.4 Å². The third-order valence-corrected chi connectivity index (χ3v) is 4.38. The molecule has 1 spiro atoms.